The lowest BCUT2D eigenvalue weighted by Gasteiger charge is -2.08. The molecular weight excluding hydrogens is 485 g/mol. The minimum Gasteiger partial charge on any atom is -0.348 e. The number of carbonyl (C=O) groups excluding carboxylic acids is 1. The third-order valence-electron chi connectivity index (χ3n) is 2.52. The SMILES string of the molecule is O=C(NCc1cccc(Br)c1)c1cc(I)ccc1Br. The smallest absolute Gasteiger partial charge is 0.252 e. The summed E-state index contributed by atoms with van der Waals surface area (Å²) in [7, 11) is 0. The number of nitrogens with one attached hydrogen (secondary N) is 1. The minimum atomic E-state index is -0.0784. The fourth-order valence-corrected chi connectivity index (χ4v) is 2.96. The molecule has 0 aliphatic heterocycles. The van der Waals surface area contributed by atoms with Gasteiger partial charge in [0.1, 0.15) is 0 Å². The van der Waals surface area contributed by atoms with E-state index in [1.165, 1.54) is 0 Å². The average Bonchev–Trinajstić information content (AvgIpc) is 2.39. The molecule has 19 heavy (non-hydrogen) atoms. The summed E-state index contributed by atoms with van der Waals surface area (Å²) in [6.45, 7) is 0.510. The largest absolute Gasteiger partial charge is 0.348 e. The molecule has 5 heteroatoms. The van der Waals surface area contributed by atoms with Crippen molar-refractivity contribution >= 4 is 60.4 Å². The van der Waals surface area contributed by atoms with Crippen molar-refractivity contribution < 1.29 is 4.79 Å². The van der Waals surface area contributed by atoms with Gasteiger partial charge in [-0.05, 0) is 74.4 Å². The van der Waals surface area contributed by atoms with E-state index in [4.69, 9.17) is 0 Å². The Kier molecular flexibility index (Phi) is 5.41. The second kappa shape index (κ2) is 6.85. The first-order valence-corrected chi connectivity index (χ1v) is 8.20. The number of amides is 1. The molecule has 2 aromatic rings. The predicted octanol–water partition coefficient (Wildman–Crippen LogP) is 4.75. The normalized spacial score (nSPS) is 10.3. The van der Waals surface area contributed by atoms with Crippen LogP contribution in [-0.2, 0) is 6.54 Å². The number of hydrogen-bond acceptors (Lipinski definition) is 1. The number of halogens is 3. The van der Waals surface area contributed by atoms with Crippen LogP contribution in [0.1, 0.15) is 15.9 Å². The topological polar surface area (TPSA) is 29.1 Å². The van der Waals surface area contributed by atoms with E-state index in [0.29, 0.717) is 12.1 Å². The lowest BCUT2D eigenvalue weighted by atomic mass is 10.2. The van der Waals surface area contributed by atoms with Gasteiger partial charge in [-0.2, -0.15) is 0 Å². The Balaban J connectivity index is 2.07. The molecule has 0 spiro atoms. The van der Waals surface area contributed by atoms with E-state index in [1.807, 2.05) is 42.5 Å². The fraction of sp³-hybridized carbons (Fsp3) is 0.0714. The Morgan fingerprint density at radius 2 is 1.95 bits per heavy atom. The van der Waals surface area contributed by atoms with E-state index in [9.17, 15) is 4.79 Å². The first-order valence-electron chi connectivity index (χ1n) is 5.54. The van der Waals surface area contributed by atoms with Crippen LogP contribution in [0.5, 0.6) is 0 Å². The van der Waals surface area contributed by atoms with E-state index in [-0.39, 0.29) is 5.91 Å². The molecule has 0 bridgehead atoms. The van der Waals surface area contributed by atoms with Crippen LogP contribution in [0.2, 0.25) is 0 Å². The van der Waals surface area contributed by atoms with Gasteiger partial charge in [0.2, 0.25) is 0 Å². The van der Waals surface area contributed by atoms with Crippen LogP contribution in [0.15, 0.2) is 51.4 Å². The predicted molar refractivity (Wildman–Crippen MR) is 92.2 cm³/mol. The molecule has 0 atom stereocenters. The standard InChI is InChI=1S/C14H10Br2INO/c15-10-3-1-2-9(6-10)8-18-14(19)12-7-11(17)4-5-13(12)16/h1-7H,8H2,(H,18,19). The third kappa shape index (κ3) is 4.29. The molecule has 0 saturated carbocycles. The lowest BCUT2D eigenvalue weighted by molar-refractivity contribution is 0.0950. The molecule has 0 heterocycles. The Morgan fingerprint density at radius 1 is 1.16 bits per heavy atom. The maximum absolute atomic E-state index is 12.1. The molecule has 98 valence electrons. The quantitative estimate of drug-likeness (QED) is 0.613. The van der Waals surface area contributed by atoms with Gasteiger partial charge in [-0.1, -0.05) is 28.1 Å². The van der Waals surface area contributed by atoms with Gasteiger partial charge >= 0.3 is 0 Å². The van der Waals surface area contributed by atoms with Crippen LogP contribution in [0.3, 0.4) is 0 Å². The highest BCUT2D eigenvalue weighted by Crippen LogP contribution is 2.19. The molecule has 0 saturated heterocycles. The van der Waals surface area contributed by atoms with Gasteiger partial charge in [0, 0.05) is 19.1 Å². The van der Waals surface area contributed by atoms with Crippen molar-refractivity contribution in [1.82, 2.24) is 5.32 Å². The molecule has 2 aromatic carbocycles. The molecule has 1 amide bonds. The van der Waals surface area contributed by atoms with Crippen molar-refractivity contribution in [1.29, 1.82) is 0 Å². The highest BCUT2D eigenvalue weighted by molar-refractivity contribution is 14.1. The van der Waals surface area contributed by atoms with Crippen molar-refractivity contribution in [3.8, 4) is 0 Å². The fourth-order valence-electron chi connectivity index (χ4n) is 1.60. The first kappa shape index (κ1) is 15.0. The summed E-state index contributed by atoms with van der Waals surface area (Å²) >= 11 is 9.00. The van der Waals surface area contributed by atoms with Crippen LogP contribution < -0.4 is 5.32 Å². The van der Waals surface area contributed by atoms with Gasteiger partial charge in [-0.25, -0.2) is 0 Å². The number of benzene rings is 2. The zero-order chi connectivity index (χ0) is 13.8. The summed E-state index contributed by atoms with van der Waals surface area (Å²) in [6.07, 6.45) is 0. The zero-order valence-corrected chi connectivity index (χ0v) is 15.1. The number of hydrogen-bond donors (Lipinski definition) is 1. The summed E-state index contributed by atoms with van der Waals surface area (Å²) in [5.74, 6) is -0.0784. The van der Waals surface area contributed by atoms with Crippen molar-refractivity contribution in [3.05, 3.63) is 66.1 Å². The van der Waals surface area contributed by atoms with Crippen molar-refractivity contribution in [2.75, 3.05) is 0 Å². The minimum absolute atomic E-state index is 0.0784. The lowest BCUT2D eigenvalue weighted by Crippen LogP contribution is -2.23. The van der Waals surface area contributed by atoms with Crippen LogP contribution >= 0.6 is 54.5 Å². The van der Waals surface area contributed by atoms with E-state index < -0.39 is 0 Å². The Labute approximate surface area is 142 Å². The molecule has 0 fully saturated rings. The summed E-state index contributed by atoms with van der Waals surface area (Å²) < 4.78 is 2.85. The summed E-state index contributed by atoms with van der Waals surface area (Å²) in [6, 6.07) is 13.6. The van der Waals surface area contributed by atoms with Crippen LogP contribution in [0, 0.1) is 3.57 Å². The second-order valence-corrected chi connectivity index (χ2v) is 6.95. The van der Waals surface area contributed by atoms with Gasteiger partial charge in [-0.3, -0.25) is 4.79 Å². The van der Waals surface area contributed by atoms with Gasteiger partial charge in [-0.15, -0.1) is 0 Å². The van der Waals surface area contributed by atoms with Crippen molar-refractivity contribution in [2.45, 2.75) is 6.54 Å². The average molecular weight is 495 g/mol. The molecule has 2 nitrogen and oxygen atoms in total. The van der Waals surface area contributed by atoms with E-state index in [1.54, 1.807) is 0 Å². The van der Waals surface area contributed by atoms with Gasteiger partial charge < -0.3 is 5.32 Å². The Morgan fingerprint density at radius 3 is 2.68 bits per heavy atom. The van der Waals surface area contributed by atoms with E-state index in [2.05, 4.69) is 59.8 Å². The highest BCUT2D eigenvalue weighted by Gasteiger charge is 2.10. The van der Waals surface area contributed by atoms with Crippen molar-refractivity contribution in [2.24, 2.45) is 0 Å². The van der Waals surface area contributed by atoms with Crippen LogP contribution in [0.25, 0.3) is 0 Å². The monoisotopic (exact) mass is 493 g/mol. The highest BCUT2D eigenvalue weighted by atomic mass is 127. The first-order chi connectivity index (χ1) is 9.06. The van der Waals surface area contributed by atoms with Crippen LogP contribution in [0.4, 0.5) is 0 Å². The molecule has 0 radical (unpaired) electrons. The number of carbonyl (C=O) groups is 1. The van der Waals surface area contributed by atoms with Crippen LogP contribution in [-0.4, -0.2) is 5.91 Å². The molecular formula is C14H10Br2INO. The molecule has 1 N–H and O–H groups in total. The maximum atomic E-state index is 12.1. The summed E-state index contributed by atoms with van der Waals surface area (Å²) in [5.41, 5.74) is 1.71. The third-order valence-corrected chi connectivity index (χ3v) is 4.37. The van der Waals surface area contributed by atoms with Gasteiger partial charge in [0.25, 0.3) is 5.91 Å². The zero-order valence-electron chi connectivity index (χ0n) is 9.79. The Bertz CT molecular complexity index is 616. The van der Waals surface area contributed by atoms with E-state index in [0.717, 1.165) is 18.1 Å². The summed E-state index contributed by atoms with van der Waals surface area (Å²) in [4.78, 5) is 12.1. The molecule has 0 aromatic heterocycles. The maximum Gasteiger partial charge on any atom is 0.252 e. The van der Waals surface area contributed by atoms with Gasteiger partial charge in [0.05, 0.1) is 5.56 Å². The summed E-state index contributed by atoms with van der Waals surface area (Å²) in [5, 5.41) is 2.92. The Hall–Kier alpha value is -0.400. The second-order valence-electron chi connectivity index (χ2n) is 3.94. The molecule has 0 unspecified atom stereocenters. The van der Waals surface area contributed by atoms with Gasteiger partial charge in [0.15, 0.2) is 0 Å². The molecule has 0 aliphatic rings. The van der Waals surface area contributed by atoms with Crippen molar-refractivity contribution in [3.63, 3.8) is 0 Å². The number of rotatable bonds is 3. The molecule has 2 rings (SSSR count). The van der Waals surface area contributed by atoms with E-state index >= 15 is 0 Å². The molecule has 0 aliphatic carbocycles.